The zero-order chi connectivity index (χ0) is 10.1. The Labute approximate surface area is 92.6 Å². The molecule has 0 radical (unpaired) electrons. The van der Waals surface area contributed by atoms with Gasteiger partial charge in [0.25, 0.3) is 0 Å². The van der Waals surface area contributed by atoms with Crippen molar-refractivity contribution in [3.8, 4) is 0 Å². The molecule has 0 spiro atoms. The van der Waals surface area contributed by atoms with E-state index in [0.717, 1.165) is 23.9 Å². The second kappa shape index (κ2) is 4.01. The van der Waals surface area contributed by atoms with Crippen molar-refractivity contribution < 1.29 is 5.21 Å². The standard InChI is InChI=1S/C11H14BrNO/c1-8-4-5-10(12)9(7-8)11-3-2-6-13(11)14/h4-5,7,11,14H,2-3,6H2,1H3. The van der Waals surface area contributed by atoms with Crippen molar-refractivity contribution >= 4 is 15.9 Å². The molecule has 2 nitrogen and oxygen atoms in total. The summed E-state index contributed by atoms with van der Waals surface area (Å²) in [6.45, 7) is 2.86. The van der Waals surface area contributed by atoms with E-state index < -0.39 is 0 Å². The topological polar surface area (TPSA) is 23.5 Å². The van der Waals surface area contributed by atoms with Crippen LogP contribution in [0.3, 0.4) is 0 Å². The molecule has 76 valence electrons. The van der Waals surface area contributed by atoms with E-state index >= 15 is 0 Å². The van der Waals surface area contributed by atoms with Crippen molar-refractivity contribution in [3.63, 3.8) is 0 Å². The summed E-state index contributed by atoms with van der Waals surface area (Å²) >= 11 is 3.53. The number of hydrogen-bond donors (Lipinski definition) is 1. The van der Waals surface area contributed by atoms with Crippen LogP contribution in [0.5, 0.6) is 0 Å². The highest BCUT2D eigenvalue weighted by atomic mass is 79.9. The van der Waals surface area contributed by atoms with Crippen molar-refractivity contribution in [2.75, 3.05) is 6.54 Å². The maximum atomic E-state index is 9.67. The molecule has 0 aromatic heterocycles. The molecular formula is C11H14BrNO. The Hall–Kier alpha value is -0.380. The molecule has 3 heteroatoms. The summed E-state index contributed by atoms with van der Waals surface area (Å²) in [6.07, 6.45) is 2.11. The molecule has 14 heavy (non-hydrogen) atoms. The van der Waals surface area contributed by atoms with Gasteiger partial charge in [0.05, 0.1) is 6.04 Å². The van der Waals surface area contributed by atoms with Crippen LogP contribution in [0.2, 0.25) is 0 Å². The van der Waals surface area contributed by atoms with E-state index in [0.29, 0.717) is 0 Å². The molecule has 1 unspecified atom stereocenters. The van der Waals surface area contributed by atoms with Crippen molar-refractivity contribution in [2.45, 2.75) is 25.8 Å². The van der Waals surface area contributed by atoms with Crippen LogP contribution in [0.1, 0.15) is 30.0 Å². The molecule has 0 saturated carbocycles. The Kier molecular flexibility index (Phi) is 2.91. The summed E-state index contributed by atoms with van der Waals surface area (Å²) in [7, 11) is 0. The molecule has 1 aromatic carbocycles. The second-order valence-electron chi connectivity index (χ2n) is 3.85. The van der Waals surface area contributed by atoms with E-state index in [-0.39, 0.29) is 6.04 Å². The highest BCUT2D eigenvalue weighted by molar-refractivity contribution is 9.10. The SMILES string of the molecule is Cc1ccc(Br)c(C2CCCN2O)c1. The van der Waals surface area contributed by atoms with E-state index in [1.54, 1.807) is 0 Å². The van der Waals surface area contributed by atoms with E-state index in [2.05, 4.69) is 41.1 Å². The molecule has 1 aliphatic rings. The Morgan fingerprint density at radius 2 is 2.29 bits per heavy atom. The first-order valence-electron chi connectivity index (χ1n) is 4.90. The summed E-state index contributed by atoms with van der Waals surface area (Å²) in [5.74, 6) is 0. The first-order chi connectivity index (χ1) is 6.68. The number of benzene rings is 1. The molecule has 1 aromatic rings. The number of aryl methyl sites for hydroxylation is 1. The average molecular weight is 256 g/mol. The minimum absolute atomic E-state index is 0.171. The van der Waals surface area contributed by atoms with Crippen molar-refractivity contribution in [2.24, 2.45) is 0 Å². The monoisotopic (exact) mass is 255 g/mol. The van der Waals surface area contributed by atoms with Gasteiger partial charge in [0.1, 0.15) is 0 Å². The van der Waals surface area contributed by atoms with Crippen LogP contribution in [-0.4, -0.2) is 16.8 Å². The molecule has 1 fully saturated rings. The van der Waals surface area contributed by atoms with Gasteiger partial charge < -0.3 is 5.21 Å². The molecular weight excluding hydrogens is 242 g/mol. The fourth-order valence-electron chi connectivity index (χ4n) is 1.99. The molecule has 1 aliphatic heterocycles. The van der Waals surface area contributed by atoms with Crippen LogP contribution in [0.4, 0.5) is 0 Å². The van der Waals surface area contributed by atoms with Gasteiger partial charge in [0, 0.05) is 11.0 Å². The number of rotatable bonds is 1. The predicted octanol–water partition coefficient (Wildman–Crippen LogP) is 3.28. The highest BCUT2D eigenvalue weighted by Gasteiger charge is 2.25. The van der Waals surface area contributed by atoms with Crippen molar-refractivity contribution in [1.29, 1.82) is 0 Å². The third-order valence-electron chi connectivity index (χ3n) is 2.74. The van der Waals surface area contributed by atoms with Gasteiger partial charge in [-0.1, -0.05) is 33.6 Å². The Balaban J connectivity index is 2.34. The summed E-state index contributed by atoms with van der Waals surface area (Å²) in [4.78, 5) is 0. The van der Waals surface area contributed by atoms with Gasteiger partial charge in [-0.3, -0.25) is 0 Å². The Morgan fingerprint density at radius 1 is 1.50 bits per heavy atom. The van der Waals surface area contributed by atoms with Gasteiger partial charge in [0.15, 0.2) is 0 Å². The predicted molar refractivity (Wildman–Crippen MR) is 59.3 cm³/mol. The van der Waals surface area contributed by atoms with Crippen molar-refractivity contribution in [3.05, 3.63) is 33.8 Å². The maximum Gasteiger partial charge on any atom is 0.0611 e. The van der Waals surface area contributed by atoms with Gasteiger partial charge in [0.2, 0.25) is 0 Å². The third kappa shape index (κ3) is 1.85. The zero-order valence-electron chi connectivity index (χ0n) is 8.20. The molecule has 1 saturated heterocycles. The molecule has 1 N–H and O–H groups in total. The summed E-state index contributed by atoms with van der Waals surface area (Å²) in [5, 5.41) is 11.1. The second-order valence-corrected chi connectivity index (χ2v) is 4.70. The van der Waals surface area contributed by atoms with Gasteiger partial charge >= 0.3 is 0 Å². The van der Waals surface area contributed by atoms with Crippen molar-refractivity contribution in [1.82, 2.24) is 5.06 Å². The lowest BCUT2D eigenvalue weighted by Crippen LogP contribution is -2.18. The van der Waals surface area contributed by atoms with E-state index in [1.165, 1.54) is 16.2 Å². The number of hydrogen-bond acceptors (Lipinski definition) is 2. The van der Waals surface area contributed by atoms with Gasteiger partial charge in [-0.25, -0.2) is 0 Å². The molecule has 1 heterocycles. The van der Waals surface area contributed by atoms with Crippen LogP contribution in [0, 0.1) is 6.92 Å². The normalized spacial score (nSPS) is 22.9. The maximum absolute atomic E-state index is 9.67. The zero-order valence-corrected chi connectivity index (χ0v) is 9.79. The van der Waals surface area contributed by atoms with Crippen LogP contribution in [0.15, 0.2) is 22.7 Å². The van der Waals surface area contributed by atoms with E-state index in [4.69, 9.17) is 0 Å². The van der Waals surface area contributed by atoms with Gasteiger partial charge in [-0.2, -0.15) is 5.06 Å². The molecule has 2 rings (SSSR count). The third-order valence-corrected chi connectivity index (χ3v) is 3.46. The van der Waals surface area contributed by atoms with Crippen LogP contribution in [-0.2, 0) is 0 Å². The fraction of sp³-hybridized carbons (Fsp3) is 0.455. The smallest absolute Gasteiger partial charge is 0.0611 e. The summed E-state index contributed by atoms with van der Waals surface area (Å²) < 4.78 is 1.09. The largest absolute Gasteiger partial charge is 0.313 e. The lowest BCUT2D eigenvalue weighted by atomic mass is 10.0. The minimum Gasteiger partial charge on any atom is -0.313 e. The highest BCUT2D eigenvalue weighted by Crippen LogP contribution is 2.34. The fourth-order valence-corrected chi connectivity index (χ4v) is 2.50. The summed E-state index contributed by atoms with van der Waals surface area (Å²) in [6, 6.07) is 6.44. The minimum atomic E-state index is 0.171. The number of hydroxylamine groups is 2. The Bertz CT molecular complexity index is 340. The summed E-state index contributed by atoms with van der Waals surface area (Å²) in [5.41, 5.74) is 2.44. The van der Waals surface area contributed by atoms with E-state index in [9.17, 15) is 5.21 Å². The average Bonchev–Trinajstić information content (AvgIpc) is 2.56. The van der Waals surface area contributed by atoms with Gasteiger partial charge in [-0.15, -0.1) is 0 Å². The molecule has 0 aliphatic carbocycles. The van der Waals surface area contributed by atoms with Crippen LogP contribution in [0.25, 0.3) is 0 Å². The molecule has 0 amide bonds. The first kappa shape index (κ1) is 10.1. The molecule has 0 bridgehead atoms. The lowest BCUT2D eigenvalue weighted by Gasteiger charge is -2.19. The first-order valence-corrected chi connectivity index (χ1v) is 5.69. The number of halogens is 1. The van der Waals surface area contributed by atoms with E-state index in [1.807, 2.05) is 0 Å². The Morgan fingerprint density at radius 3 is 2.93 bits per heavy atom. The lowest BCUT2D eigenvalue weighted by molar-refractivity contribution is -0.104. The van der Waals surface area contributed by atoms with Gasteiger partial charge in [-0.05, 0) is 31.4 Å². The number of nitrogens with zero attached hydrogens (tertiary/aromatic N) is 1. The van der Waals surface area contributed by atoms with Crippen LogP contribution < -0.4 is 0 Å². The quantitative estimate of drug-likeness (QED) is 0.833. The van der Waals surface area contributed by atoms with Crippen LogP contribution >= 0.6 is 15.9 Å². The molecule has 1 atom stereocenters.